The van der Waals surface area contributed by atoms with Crippen LogP contribution in [0.4, 0.5) is 10.5 Å². The summed E-state index contributed by atoms with van der Waals surface area (Å²) in [5, 5.41) is 2.94. The van der Waals surface area contributed by atoms with Crippen LogP contribution < -0.4 is 15.7 Å². The lowest BCUT2D eigenvalue weighted by atomic mass is 9.77. The minimum Gasteiger partial charge on any atom is -0.447 e. The molecule has 0 bridgehead atoms. The SMILES string of the molecule is CC(=O)N1CC[C@@H](NC(=O)OC(C)C)c2cc(B3OC(C)(C)C(C)(C)O3)ccc21. The molecule has 1 fully saturated rings. The Labute approximate surface area is 173 Å². The second kappa shape index (κ2) is 7.65. The fourth-order valence-electron chi connectivity index (χ4n) is 3.63. The molecule has 0 aliphatic carbocycles. The van der Waals surface area contributed by atoms with Crippen molar-refractivity contribution in [2.24, 2.45) is 0 Å². The fourth-order valence-corrected chi connectivity index (χ4v) is 3.63. The number of nitrogens with one attached hydrogen (secondary N) is 1. The van der Waals surface area contributed by atoms with Crippen LogP contribution in [0, 0.1) is 0 Å². The number of hydrogen-bond acceptors (Lipinski definition) is 5. The first-order chi connectivity index (χ1) is 13.4. The van der Waals surface area contributed by atoms with Gasteiger partial charge in [-0.15, -0.1) is 0 Å². The maximum absolute atomic E-state index is 12.2. The lowest BCUT2D eigenvalue weighted by Gasteiger charge is -2.34. The number of ether oxygens (including phenoxy) is 1. The molecule has 0 saturated carbocycles. The maximum Gasteiger partial charge on any atom is 0.494 e. The predicted octanol–water partition coefficient (Wildman–Crippen LogP) is 2.92. The number of carbonyl (C=O) groups is 2. The number of carbonyl (C=O) groups excluding carboxylic acids is 2. The Bertz CT molecular complexity index is 792. The quantitative estimate of drug-likeness (QED) is 0.787. The monoisotopic (exact) mass is 402 g/mol. The fraction of sp³-hybridized carbons (Fsp3) is 0.619. The van der Waals surface area contributed by atoms with E-state index in [1.807, 2.05) is 59.7 Å². The van der Waals surface area contributed by atoms with Crippen LogP contribution in [0.3, 0.4) is 0 Å². The van der Waals surface area contributed by atoms with Crippen LogP contribution in [-0.4, -0.2) is 43.0 Å². The van der Waals surface area contributed by atoms with Crippen LogP contribution in [0.1, 0.15) is 66.5 Å². The highest BCUT2D eigenvalue weighted by Crippen LogP contribution is 2.38. The number of nitrogens with zero attached hydrogens (tertiary/aromatic N) is 1. The average molecular weight is 402 g/mol. The van der Waals surface area contributed by atoms with E-state index in [1.165, 1.54) is 0 Å². The Morgan fingerprint density at radius 3 is 2.38 bits per heavy atom. The van der Waals surface area contributed by atoms with Crippen LogP contribution in [0.2, 0.25) is 0 Å². The van der Waals surface area contributed by atoms with E-state index in [-0.39, 0.29) is 18.1 Å². The first-order valence-corrected chi connectivity index (χ1v) is 10.2. The van der Waals surface area contributed by atoms with Crippen molar-refractivity contribution in [2.75, 3.05) is 11.4 Å². The van der Waals surface area contributed by atoms with E-state index in [0.717, 1.165) is 16.7 Å². The molecule has 0 spiro atoms. The van der Waals surface area contributed by atoms with Crippen LogP contribution in [0.5, 0.6) is 0 Å². The van der Waals surface area contributed by atoms with Gasteiger partial charge in [0.2, 0.25) is 5.91 Å². The summed E-state index contributed by atoms with van der Waals surface area (Å²) in [5.41, 5.74) is 1.62. The first kappa shape index (κ1) is 21.6. The average Bonchev–Trinajstić information content (AvgIpc) is 2.81. The number of alkyl carbamates (subject to hydrolysis) is 1. The smallest absolute Gasteiger partial charge is 0.447 e. The molecule has 1 atom stereocenters. The van der Waals surface area contributed by atoms with E-state index in [2.05, 4.69) is 5.32 Å². The molecule has 1 saturated heterocycles. The normalized spacial score (nSPS) is 22.4. The first-order valence-electron chi connectivity index (χ1n) is 10.2. The number of anilines is 1. The van der Waals surface area contributed by atoms with Gasteiger partial charge in [-0.25, -0.2) is 4.79 Å². The molecule has 0 unspecified atom stereocenters. The summed E-state index contributed by atoms with van der Waals surface area (Å²) in [5.74, 6) is -0.0298. The van der Waals surface area contributed by atoms with Crippen LogP contribution >= 0.6 is 0 Å². The molecule has 1 aromatic rings. The highest BCUT2D eigenvalue weighted by molar-refractivity contribution is 6.62. The van der Waals surface area contributed by atoms with E-state index < -0.39 is 24.4 Å². The third-order valence-electron chi connectivity index (χ3n) is 5.90. The predicted molar refractivity (Wildman–Crippen MR) is 112 cm³/mol. The van der Waals surface area contributed by atoms with Crippen molar-refractivity contribution in [1.29, 1.82) is 0 Å². The Hall–Kier alpha value is -2.06. The van der Waals surface area contributed by atoms with Crippen molar-refractivity contribution in [1.82, 2.24) is 5.32 Å². The van der Waals surface area contributed by atoms with Crippen molar-refractivity contribution >= 4 is 30.3 Å². The molecule has 2 heterocycles. The van der Waals surface area contributed by atoms with Gasteiger partial charge in [0.1, 0.15) is 0 Å². The van der Waals surface area contributed by atoms with E-state index in [0.29, 0.717) is 13.0 Å². The summed E-state index contributed by atoms with van der Waals surface area (Å²) in [4.78, 5) is 26.0. The molecular formula is C21H31BN2O5. The van der Waals surface area contributed by atoms with Crippen molar-refractivity contribution in [3.8, 4) is 0 Å². The van der Waals surface area contributed by atoms with Gasteiger partial charge in [0.25, 0.3) is 0 Å². The Morgan fingerprint density at radius 2 is 1.83 bits per heavy atom. The largest absolute Gasteiger partial charge is 0.494 e. The number of amides is 2. The summed E-state index contributed by atoms with van der Waals surface area (Å²) < 4.78 is 17.6. The van der Waals surface area contributed by atoms with E-state index in [4.69, 9.17) is 14.0 Å². The number of benzene rings is 1. The van der Waals surface area contributed by atoms with Crippen LogP contribution in [0.15, 0.2) is 18.2 Å². The summed E-state index contributed by atoms with van der Waals surface area (Å²) >= 11 is 0. The van der Waals surface area contributed by atoms with Crippen molar-refractivity contribution in [2.45, 2.75) is 78.2 Å². The maximum atomic E-state index is 12.2. The molecule has 1 aromatic carbocycles. The zero-order valence-electron chi connectivity index (χ0n) is 18.4. The zero-order chi connectivity index (χ0) is 21.6. The van der Waals surface area contributed by atoms with Gasteiger partial charge in [0.05, 0.1) is 23.3 Å². The van der Waals surface area contributed by atoms with Crippen molar-refractivity contribution in [3.05, 3.63) is 23.8 Å². The zero-order valence-corrected chi connectivity index (χ0v) is 18.4. The van der Waals surface area contributed by atoms with Crippen LogP contribution in [0.25, 0.3) is 0 Å². The van der Waals surface area contributed by atoms with Crippen molar-refractivity contribution in [3.63, 3.8) is 0 Å². The Balaban J connectivity index is 1.93. The summed E-state index contributed by atoms with van der Waals surface area (Å²) in [7, 11) is -0.513. The number of hydrogen-bond donors (Lipinski definition) is 1. The molecule has 3 rings (SSSR count). The minimum atomic E-state index is -0.513. The molecule has 2 aliphatic heterocycles. The molecule has 1 N–H and O–H groups in total. The molecule has 8 heteroatoms. The van der Waals surface area contributed by atoms with Gasteiger partial charge < -0.3 is 24.3 Å². The van der Waals surface area contributed by atoms with E-state index in [1.54, 1.807) is 11.8 Å². The van der Waals surface area contributed by atoms with E-state index in [9.17, 15) is 9.59 Å². The van der Waals surface area contributed by atoms with Gasteiger partial charge in [0, 0.05) is 19.2 Å². The second-order valence-electron chi connectivity index (χ2n) is 9.02. The van der Waals surface area contributed by atoms with Gasteiger partial charge in [-0.1, -0.05) is 12.1 Å². The highest BCUT2D eigenvalue weighted by Gasteiger charge is 2.52. The number of fused-ring (bicyclic) bond motifs is 1. The summed E-state index contributed by atoms with van der Waals surface area (Å²) in [6, 6.07) is 5.53. The molecule has 2 aliphatic rings. The summed E-state index contributed by atoms with van der Waals surface area (Å²) in [6.07, 6.45) is -0.0665. The minimum absolute atomic E-state index is 0.0298. The van der Waals surface area contributed by atoms with Crippen molar-refractivity contribution < 1.29 is 23.6 Å². The topological polar surface area (TPSA) is 77.1 Å². The lowest BCUT2D eigenvalue weighted by Crippen LogP contribution is -2.42. The number of rotatable bonds is 3. The van der Waals surface area contributed by atoms with Crippen LogP contribution in [-0.2, 0) is 18.8 Å². The van der Waals surface area contributed by atoms with Gasteiger partial charge in [-0.05, 0) is 65.1 Å². The molecule has 2 amide bonds. The lowest BCUT2D eigenvalue weighted by molar-refractivity contribution is -0.116. The third-order valence-corrected chi connectivity index (χ3v) is 5.90. The molecule has 29 heavy (non-hydrogen) atoms. The summed E-state index contributed by atoms with van der Waals surface area (Å²) in [6.45, 7) is 13.7. The Kier molecular flexibility index (Phi) is 5.71. The van der Waals surface area contributed by atoms with Gasteiger partial charge in [-0.3, -0.25) is 4.79 Å². The molecular weight excluding hydrogens is 371 g/mol. The molecule has 0 radical (unpaired) electrons. The molecule has 0 aromatic heterocycles. The molecule has 7 nitrogen and oxygen atoms in total. The Morgan fingerprint density at radius 1 is 1.21 bits per heavy atom. The molecule has 158 valence electrons. The second-order valence-corrected chi connectivity index (χ2v) is 9.02. The third kappa shape index (κ3) is 4.28. The highest BCUT2D eigenvalue weighted by atomic mass is 16.7. The van der Waals surface area contributed by atoms with Gasteiger partial charge in [0.15, 0.2) is 0 Å². The van der Waals surface area contributed by atoms with E-state index >= 15 is 0 Å². The van der Waals surface area contributed by atoms with Gasteiger partial charge in [-0.2, -0.15) is 0 Å². The van der Waals surface area contributed by atoms with Gasteiger partial charge >= 0.3 is 13.2 Å². The standard InChI is InChI=1S/C21H31BN2O5/c1-13(2)27-19(26)23-17-10-11-24(14(3)25)18-9-8-15(12-16(17)18)22-28-20(4,5)21(6,7)29-22/h8-9,12-13,17H,10-11H2,1-7H3,(H,23,26)/t17-/m1/s1.